The lowest BCUT2D eigenvalue weighted by Gasteiger charge is -2.19. The van der Waals surface area contributed by atoms with Crippen molar-refractivity contribution in [2.24, 2.45) is 0 Å². The maximum absolute atomic E-state index is 13.3. The lowest BCUT2D eigenvalue weighted by atomic mass is 10.0. The fraction of sp³-hybridized carbons (Fsp3) is 0.261. The highest BCUT2D eigenvalue weighted by molar-refractivity contribution is 5.94. The number of amides is 1. The molecular weight excluding hydrogens is 407 g/mol. The number of aryl methyl sites for hydroxylation is 2. The van der Waals surface area contributed by atoms with Crippen LogP contribution in [0.15, 0.2) is 59.4 Å². The second-order valence-electron chi connectivity index (χ2n) is 7.28. The molecule has 0 aliphatic carbocycles. The highest BCUT2D eigenvalue weighted by Gasteiger charge is 2.34. The molecule has 1 atom stereocenters. The number of aromatic nitrogens is 2. The van der Waals surface area contributed by atoms with Crippen molar-refractivity contribution >= 4 is 11.6 Å². The summed E-state index contributed by atoms with van der Waals surface area (Å²) in [6, 6.07) is 12.3. The average molecular weight is 429 g/mol. The molecule has 0 saturated heterocycles. The Labute approximate surface area is 177 Å². The summed E-state index contributed by atoms with van der Waals surface area (Å²) in [7, 11) is 0. The van der Waals surface area contributed by atoms with Gasteiger partial charge in [0.05, 0.1) is 16.9 Å². The number of carbonyl (C=O) groups excluding carboxylic acids is 1. The number of benzene rings is 2. The SMILES string of the molecule is CC[C@@H](C(=O)Nc1ccccc1C(F)(F)F)n1nc(-c2cc(C)ccc2C)ccc1=O. The second-order valence-corrected chi connectivity index (χ2v) is 7.28. The first-order valence-electron chi connectivity index (χ1n) is 9.76. The van der Waals surface area contributed by atoms with Gasteiger partial charge in [0.2, 0.25) is 5.91 Å². The number of hydrogen-bond acceptors (Lipinski definition) is 3. The molecule has 31 heavy (non-hydrogen) atoms. The molecule has 3 aromatic rings. The smallest absolute Gasteiger partial charge is 0.324 e. The summed E-state index contributed by atoms with van der Waals surface area (Å²) in [5, 5.41) is 6.69. The van der Waals surface area contributed by atoms with Crippen LogP contribution in [0.3, 0.4) is 0 Å². The van der Waals surface area contributed by atoms with Crippen LogP contribution in [0.25, 0.3) is 11.3 Å². The zero-order valence-corrected chi connectivity index (χ0v) is 17.3. The van der Waals surface area contributed by atoms with E-state index in [4.69, 9.17) is 0 Å². The van der Waals surface area contributed by atoms with E-state index < -0.39 is 29.2 Å². The highest BCUT2D eigenvalue weighted by atomic mass is 19.4. The van der Waals surface area contributed by atoms with E-state index >= 15 is 0 Å². The van der Waals surface area contributed by atoms with Crippen LogP contribution in [0.1, 0.15) is 36.1 Å². The summed E-state index contributed by atoms with van der Waals surface area (Å²) in [6.07, 6.45) is -4.45. The van der Waals surface area contributed by atoms with Crippen molar-refractivity contribution < 1.29 is 18.0 Å². The van der Waals surface area contributed by atoms with Crippen molar-refractivity contribution in [2.75, 3.05) is 5.32 Å². The predicted octanol–water partition coefficient (Wildman–Crippen LogP) is 5.14. The van der Waals surface area contributed by atoms with Gasteiger partial charge in [-0.05, 0) is 50.1 Å². The molecule has 0 fully saturated rings. The number of hydrogen-bond donors (Lipinski definition) is 1. The first-order valence-corrected chi connectivity index (χ1v) is 9.76. The summed E-state index contributed by atoms with van der Waals surface area (Å²) >= 11 is 0. The molecular formula is C23H22F3N3O2. The lowest BCUT2D eigenvalue weighted by Crippen LogP contribution is -2.35. The predicted molar refractivity (Wildman–Crippen MR) is 113 cm³/mol. The van der Waals surface area contributed by atoms with E-state index in [0.717, 1.165) is 27.4 Å². The van der Waals surface area contributed by atoms with Crippen LogP contribution < -0.4 is 10.9 Å². The number of rotatable bonds is 5. The third-order valence-corrected chi connectivity index (χ3v) is 4.97. The Hall–Kier alpha value is -3.42. The van der Waals surface area contributed by atoms with Gasteiger partial charge in [-0.2, -0.15) is 18.3 Å². The molecule has 0 aliphatic heterocycles. The van der Waals surface area contributed by atoms with Crippen LogP contribution in [0, 0.1) is 13.8 Å². The standard InChI is InChI=1S/C23H22F3N3O2/c1-4-20(22(31)27-19-8-6-5-7-17(19)23(24,25)26)29-21(30)12-11-18(28-29)16-13-14(2)9-10-15(16)3/h5-13,20H,4H2,1-3H3,(H,27,31)/t20-/m0/s1. The van der Waals surface area contributed by atoms with Gasteiger partial charge < -0.3 is 5.32 Å². The van der Waals surface area contributed by atoms with Gasteiger partial charge in [0, 0.05) is 11.6 Å². The number of alkyl halides is 3. The van der Waals surface area contributed by atoms with Crippen LogP contribution in [0.4, 0.5) is 18.9 Å². The van der Waals surface area contributed by atoms with Crippen molar-refractivity contribution in [2.45, 2.75) is 39.4 Å². The second kappa shape index (κ2) is 8.75. The summed E-state index contributed by atoms with van der Waals surface area (Å²) in [4.78, 5) is 25.3. The molecule has 1 heterocycles. The average Bonchev–Trinajstić information content (AvgIpc) is 2.71. The summed E-state index contributed by atoms with van der Waals surface area (Å²) in [5.74, 6) is -0.744. The van der Waals surface area contributed by atoms with Crippen molar-refractivity contribution in [3.05, 3.63) is 81.6 Å². The number of nitrogens with one attached hydrogen (secondary N) is 1. The number of nitrogens with zero attached hydrogens (tertiary/aromatic N) is 2. The zero-order valence-electron chi connectivity index (χ0n) is 17.3. The Morgan fingerprint density at radius 1 is 1.10 bits per heavy atom. The van der Waals surface area contributed by atoms with Crippen LogP contribution >= 0.6 is 0 Å². The van der Waals surface area contributed by atoms with Gasteiger partial charge in [-0.15, -0.1) is 0 Å². The van der Waals surface area contributed by atoms with E-state index in [0.29, 0.717) is 5.69 Å². The molecule has 8 heteroatoms. The quantitative estimate of drug-likeness (QED) is 0.611. The van der Waals surface area contributed by atoms with E-state index in [9.17, 15) is 22.8 Å². The van der Waals surface area contributed by atoms with Gasteiger partial charge in [-0.1, -0.05) is 36.8 Å². The Balaban J connectivity index is 1.99. The largest absolute Gasteiger partial charge is 0.418 e. The molecule has 5 nitrogen and oxygen atoms in total. The molecule has 0 aliphatic rings. The number of halogens is 3. The first kappa shape index (κ1) is 22.3. The summed E-state index contributed by atoms with van der Waals surface area (Å²) < 4.78 is 40.8. The number of anilines is 1. The molecule has 0 saturated carbocycles. The highest BCUT2D eigenvalue weighted by Crippen LogP contribution is 2.35. The molecule has 0 unspecified atom stereocenters. The Kier molecular flexibility index (Phi) is 6.29. The van der Waals surface area contributed by atoms with Gasteiger partial charge in [0.1, 0.15) is 6.04 Å². The van der Waals surface area contributed by atoms with Gasteiger partial charge >= 0.3 is 6.18 Å². The van der Waals surface area contributed by atoms with Gasteiger partial charge in [-0.25, -0.2) is 4.68 Å². The fourth-order valence-electron chi connectivity index (χ4n) is 3.33. The Morgan fingerprint density at radius 2 is 1.81 bits per heavy atom. The minimum Gasteiger partial charge on any atom is -0.324 e. The van der Waals surface area contributed by atoms with Crippen molar-refractivity contribution in [3.8, 4) is 11.3 Å². The molecule has 0 radical (unpaired) electrons. The topological polar surface area (TPSA) is 64.0 Å². The van der Waals surface area contributed by atoms with Gasteiger partial charge in [0.15, 0.2) is 0 Å². The van der Waals surface area contributed by atoms with E-state index in [1.54, 1.807) is 13.0 Å². The van der Waals surface area contributed by atoms with Crippen molar-refractivity contribution in [1.29, 1.82) is 0 Å². The van der Waals surface area contributed by atoms with Crippen LogP contribution in [-0.2, 0) is 11.0 Å². The van der Waals surface area contributed by atoms with Crippen LogP contribution in [-0.4, -0.2) is 15.7 Å². The molecule has 1 aromatic heterocycles. The molecule has 1 amide bonds. The molecule has 162 valence electrons. The lowest BCUT2D eigenvalue weighted by molar-refractivity contribution is -0.137. The maximum Gasteiger partial charge on any atom is 0.418 e. The minimum absolute atomic E-state index is 0.170. The normalized spacial score (nSPS) is 12.5. The maximum atomic E-state index is 13.3. The Bertz CT molecular complexity index is 1170. The van der Waals surface area contributed by atoms with E-state index in [1.807, 2.05) is 32.0 Å². The van der Waals surface area contributed by atoms with Crippen LogP contribution in [0.5, 0.6) is 0 Å². The monoisotopic (exact) mass is 429 g/mol. The number of para-hydroxylation sites is 1. The molecule has 3 rings (SSSR count). The summed E-state index contributed by atoms with van der Waals surface area (Å²) in [5.41, 5.74) is 1.43. The fourth-order valence-corrected chi connectivity index (χ4v) is 3.33. The van der Waals surface area contributed by atoms with E-state index in [-0.39, 0.29) is 12.1 Å². The molecule has 2 aromatic carbocycles. The van der Waals surface area contributed by atoms with Gasteiger partial charge in [0.25, 0.3) is 5.56 Å². The van der Waals surface area contributed by atoms with Gasteiger partial charge in [-0.3, -0.25) is 9.59 Å². The van der Waals surface area contributed by atoms with Crippen LogP contribution in [0.2, 0.25) is 0 Å². The summed E-state index contributed by atoms with van der Waals surface area (Å²) in [6.45, 7) is 5.50. The minimum atomic E-state index is -4.62. The van der Waals surface area contributed by atoms with Crippen molar-refractivity contribution in [1.82, 2.24) is 9.78 Å². The van der Waals surface area contributed by atoms with Crippen molar-refractivity contribution in [3.63, 3.8) is 0 Å². The molecule has 1 N–H and O–H groups in total. The number of carbonyl (C=O) groups is 1. The van der Waals surface area contributed by atoms with E-state index in [2.05, 4.69) is 10.4 Å². The zero-order chi connectivity index (χ0) is 22.8. The molecule has 0 bridgehead atoms. The third-order valence-electron chi connectivity index (χ3n) is 4.97. The third kappa shape index (κ3) is 4.84. The molecule has 0 spiro atoms. The first-order chi connectivity index (χ1) is 14.6. The Morgan fingerprint density at radius 3 is 2.48 bits per heavy atom. The van der Waals surface area contributed by atoms with E-state index in [1.165, 1.54) is 24.3 Å².